The minimum absolute atomic E-state index is 0.00240. The van der Waals surface area contributed by atoms with Crippen LogP contribution in [0, 0.1) is 0 Å². The third kappa shape index (κ3) is 4.83. The Balaban J connectivity index is 2.60. The predicted molar refractivity (Wildman–Crippen MR) is 67.8 cm³/mol. The average molecular weight is 240 g/mol. The number of rotatable bonds is 5. The smallest absolute Gasteiger partial charge is 0.138 e. The Bertz CT molecular complexity index is 352. The highest BCUT2D eigenvalue weighted by Crippen LogP contribution is 2.12. The van der Waals surface area contributed by atoms with E-state index in [0.29, 0.717) is 13.0 Å². The van der Waals surface area contributed by atoms with Gasteiger partial charge in [-0.15, -0.1) is 0 Å². The van der Waals surface area contributed by atoms with E-state index in [2.05, 4.69) is 36.2 Å². The summed E-state index contributed by atoms with van der Waals surface area (Å²) in [5.74, 6) is 0.827. The van der Waals surface area contributed by atoms with Crippen molar-refractivity contribution in [2.45, 2.75) is 58.7 Å². The molecule has 0 fully saturated rings. The quantitative estimate of drug-likeness (QED) is 0.805. The molecule has 0 amide bonds. The highest BCUT2D eigenvalue weighted by Gasteiger charge is 2.25. The van der Waals surface area contributed by atoms with Crippen LogP contribution in [0.5, 0.6) is 0 Å². The van der Waals surface area contributed by atoms with Crippen molar-refractivity contribution in [3.8, 4) is 0 Å². The van der Waals surface area contributed by atoms with Gasteiger partial charge in [0, 0.05) is 25.0 Å². The van der Waals surface area contributed by atoms with Gasteiger partial charge in [0.15, 0.2) is 0 Å². The standard InChI is InChI=1S/C12H24N4O/c1-6-16-10(13-9-15-16)7-12(5,17)8-14-11(2,3)4/h9,14,17H,6-8H2,1-5H3. The number of nitrogens with one attached hydrogen (secondary N) is 1. The Morgan fingerprint density at radius 3 is 2.53 bits per heavy atom. The second-order valence-corrected chi connectivity index (χ2v) is 5.77. The third-order valence-corrected chi connectivity index (χ3v) is 2.53. The summed E-state index contributed by atoms with van der Waals surface area (Å²) in [6, 6.07) is 0. The zero-order valence-corrected chi connectivity index (χ0v) is 11.5. The second-order valence-electron chi connectivity index (χ2n) is 5.77. The van der Waals surface area contributed by atoms with Gasteiger partial charge in [-0.1, -0.05) is 0 Å². The van der Waals surface area contributed by atoms with Crippen LogP contribution in [0.15, 0.2) is 6.33 Å². The molecule has 5 heteroatoms. The molecule has 0 spiro atoms. The van der Waals surface area contributed by atoms with Crippen molar-refractivity contribution in [3.05, 3.63) is 12.2 Å². The van der Waals surface area contributed by atoms with Gasteiger partial charge in [-0.05, 0) is 34.6 Å². The molecule has 0 saturated carbocycles. The van der Waals surface area contributed by atoms with Crippen LogP contribution in [0.3, 0.4) is 0 Å². The lowest BCUT2D eigenvalue weighted by Crippen LogP contribution is -2.47. The van der Waals surface area contributed by atoms with Crippen LogP contribution in [-0.2, 0) is 13.0 Å². The van der Waals surface area contributed by atoms with E-state index >= 15 is 0 Å². The maximum atomic E-state index is 10.3. The first kappa shape index (κ1) is 14.1. The normalized spacial score (nSPS) is 15.9. The molecule has 0 bridgehead atoms. The minimum Gasteiger partial charge on any atom is -0.388 e. The van der Waals surface area contributed by atoms with Crippen LogP contribution < -0.4 is 5.32 Å². The molecule has 0 saturated heterocycles. The van der Waals surface area contributed by atoms with Crippen molar-refractivity contribution in [1.82, 2.24) is 20.1 Å². The SMILES string of the molecule is CCn1ncnc1CC(C)(O)CNC(C)(C)C. The Kier molecular flexibility index (Phi) is 4.27. The lowest BCUT2D eigenvalue weighted by atomic mass is 9.99. The van der Waals surface area contributed by atoms with E-state index in [1.54, 1.807) is 0 Å². The molecule has 1 aromatic rings. The maximum Gasteiger partial charge on any atom is 0.138 e. The van der Waals surface area contributed by atoms with E-state index in [4.69, 9.17) is 0 Å². The van der Waals surface area contributed by atoms with E-state index in [-0.39, 0.29) is 5.54 Å². The van der Waals surface area contributed by atoms with Gasteiger partial charge < -0.3 is 10.4 Å². The first-order chi connectivity index (χ1) is 7.73. The lowest BCUT2D eigenvalue weighted by molar-refractivity contribution is 0.0505. The van der Waals surface area contributed by atoms with E-state index in [1.807, 2.05) is 18.5 Å². The first-order valence-electron chi connectivity index (χ1n) is 6.07. The highest BCUT2D eigenvalue weighted by molar-refractivity contribution is 4.94. The average Bonchev–Trinajstić information content (AvgIpc) is 2.61. The number of nitrogens with zero attached hydrogens (tertiary/aromatic N) is 3. The van der Waals surface area contributed by atoms with E-state index in [0.717, 1.165) is 12.4 Å². The molecule has 5 nitrogen and oxygen atoms in total. The molecule has 2 N–H and O–H groups in total. The summed E-state index contributed by atoms with van der Waals surface area (Å²) in [5.41, 5.74) is -0.810. The summed E-state index contributed by atoms with van der Waals surface area (Å²) in [6.45, 7) is 11.4. The predicted octanol–water partition coefficient (Wildman–Crippen LogP) is 0.980. The number of β-amino-alcohol motifs (C(OH)–C–C–N with tert-alkyl or cyclic N) is 1. The van der Waals surface area contributed by atoms with Gasteiger partial charge in [0.2, 0.25) is 0 Å². The van der Waals surface area contributed by atoms with Gasteiger partial charge in [0.05, 0.1) is 5.60 Å². The fourth-order valence-electron chi connectivity index (χ4n) is 1.55. The topological polar surface area (TPSA) is 63.0 Å². The van der Waals surface area contributed by atoms with Gasteiger partial charge in [-0.25, -0.2) is 4.98 Å². The van der Waals surface area contributed by atoms with Crippen LogP contribution in [0.25, 0.3) is 0 Å². The van der Waals surface area contributed by atoms with Crippen LogP contribution in [-0.4, -0.2) is 37.6 Å². The van der Waals surface area contributed by atoms with Gasteiger partial charge >= 0.3 is 0 Å². The Morgan fingerprint density at radius 2 is 2.00 bits per heavy atom. The van der Waals surface area contributed by atoms with Crippen LogP contribution in [0.4, 0.5) is 0 Å². The molecule has 1 heterocycles. The molecule has 0 aliphatic carbocycles. The Hall–Kier alpha value is -0.940. The Labute approximate surface area is 103 Å². The second kappa shape index (κ2) is 5.14. The summed E-state index contributed by atoms with van der Waals surface area (Å²) < 4.78 is 1.81. The monoisotopic (exact) mass is 240 g/mol. The molecule has 0 aliphatic rings. The zero-order valence-electron chi connectivity index (χ0n) is 11.5. The fraction of sp³-hybridized carbons (Fsp3) is 0.833. The minimum atomic E-state index is -0.812. The molecule has 0 radical (unpaired) electrons. The molecule has 98 valence electrons. The van der Waals surface area contributed by atoms with Crippen molar-refractivity contribution in [2.75, 3.05) is 6.54 Å². The summed E-state index contributed by atoms with van der Waals surface area (Å²) in [7, 11) is 0. The van der Waals surface area contributed by atoms with E-state index in [1.165, 1.54) is 6.33 Å². The number of hydrogen-bond donors (Lipinski definition) is 2. The van der Waals surface area contributed by atoms with Gasteiger partial charge in [0.1, 0.15) is 12.2 Å². The van der Waals surface area contributed by atoms with Crippen LogP contribution >= 0.6 is 0 Å². The summed E-state index contributed by atoms with van der Waals surface area (Å²) >= 11 is 0. The number of aliphatic hydroxyl groups is 1. The zero-order chi connectivity index (χ0) is 13.1. The van der Waals surface area contributed by atoms with Crippen molar-refractivity contribution >= 4 is 0 Å². The number of aromatic nitrogens is 3. The van der Waals surface area contributed by atoms with Crippen molar-refractivity contribution in [3.63, 3.8) is 0 Å². The van der Waals surface area contributed by atoms with Crippen LogP contribution in [0.2, 0.25) is 0 Å². The molecule has 0 aromatic carbocycles. The van der Waals surface area contributed by atoms with Crippen molar-refractivity contribution < 1.29 is 5.11 Å². The molecule has 1 atom stereocenters. The highest BCUT2D eigenvalue weighted by atomic mass is 16.3. The lowest BCUT2D eigenvalue weighted by Gasteiger charge is -2.29. The van der Waals surface area contributed by atoms with Crippen molar-refractivity contribution in [2.24, 2.45) is 0 Å². The summed E-state index contributed by atoms with van der Waals surface area (Å²) in [6.07, 6.45) is 2.04. The fourth-order valence-corrected chi connectivity index (χ4v) is 1.55. The van der Waals surface area contributed by atoms with Gasteiger partial charge in [-0.2, -0.15) is 5.10 Å². The van der Waals surface area contributed by atoms with E-state index in [9.17, 15) is 5.11 Å². The molecular formula is C12H24N4O. The summed E-state index contributed by atoms with van der Waals surface area (Å²) in [4.78, 5) is 4.18. The first-order valence-corrected chi connectivity index (χ1v) is 6.07. The third-order valence-electron chi connectivity index (χ3n) is 2.53. The van der Waals surface area contributed by atoms with Gasteiger partial charge in [0.25, 0.3) is 0 Å². The molecule has 1 aromatic heterocycles. The maximum absolute atomic E-state index is 10.3. The van der Waals surface area contributed by atoms with Crippen LogP contribution in [0.1, 0.15) is 40.4 Å². The number of aryl methyl sites for hydroxylation is 1. The number of hydrogen-bond acceptors (Lipinski definition) is 4. The molecule has 1 rings (SSSR count). The molecule has 1 unspecified atom stereocenters. The molecule has 17 heavy (non-hydrogen) atoms. The molecular weight excluding hydrogens is 216 g/mol. The van der Waals surface area contributed by atoms with E-state index < -0.39 is 5.60 Å². The Morgan fingerprint density at radius 1 is 1.35 bits per heavy atom. The van der Waals surface area contributed by atoms with Crippen molar-refractivity contribution in [1.29, 1.82) is 0 Å². The summed E-state index contributed by atoms with van der Waals surface area (Å²) in [5, 5.41) is 17.7. The molecule has 0 aliphatic heterocycles. The van der Waals surface area contributed by atoms with Gasteiger partial charge in [-0.3, -0.25) is 4.68 Å². The largest absolute Gasteiger partial charge is 0.388 e.